The summed E-state index contributed by atoms with van der Waals surface area (Å²) < 4.78 is 12.6. The fourth-order valence-electron chi connectivity index (χ4n) is 3.82. The summed E-state index contributed by atoms with van der Waals surface area (Å²) in [5, 5.41) is 10.7. The van der Waals surface area contributed by atoms with Gasteiger partial charge in [0, 0.05) is 16.1 Å². The summed E-state index contributed by atoms with van der Waals surface area (Å²) in [4.78, 5) is 31.5. The summed E-state index contributed by atoms with van der Waals surface area (Å²) in [5.41, 5.74) is 1.20. The molecule has 10 heteroatoms. The molecule has 176 valence electrons. The lowest BCUT2D eigenvalue weighted by Crippen LogP contribution is -2.40. The normalized spacial score (nSPS) is 15.7. The lowest BCUT2D eigenvalue weighted by Gasteiger charge is -2.25. The highest BCUT2D eigenvalue weighted by molar-refractivity contribution is 7.07. The Bertz CT molecular complexity index is 1510. The Morgan fingerprint density at radius 1 is 1.29 bits per heavy atom. The molecule has 0 spiro atoms. The number of phenolic OH excluding ortho intramolecular Hbond substituents is 1. The quantitative estimate of drug-likeness (QED) is 0.518. The van der Waals surface area contributed by atoms with E-state index in [0.717, 1.165) is 11.3 Å². The number of halogens is 2. The maximum atomic E-state index is 13.6. The number of methoxy groups -OCH3 is 1. The van der Waals surface area contributed by atoms with Crippen molar-refractivity contribution in [2.24, 2.45) is 4.99 Å². The van der Waals surface area contributed by atoms with Crippen LogP contribution in [0.25, 0.3) is 6.08 Å². The second-order valence-electron chi connectivity index (χ2n) is 7.37. The van der Waals surface area contributed by atoms with Crippen molar-refractivity contribution in [1.82, 2.24) is 4.57 Å². The van der Waals surface area contributed by atoms with Crippen molar-refractivity contribution in [3.05, 3.63) is 88.5 Å². The minimum absolute atomic E-state index is 0.0684. The van der Waals surface area contributed by atoms with Crippen LogP contribution in [-0.4, -0.2) is 29.4 Å². The number of hydrogen-bond donors (Lipinski definition) is 1. The van der Waals surface area contributed by atoms with Crippen LogP contribution in [0.3, 0.4) is 0 Å². The van der Waals surface area contributed by atoms with Gasteiger partial charge in [0.25, 0.3) is 5.56 Å². The molecule has 1 aliphatic rings. The van der Waals surface area contributed by atoms with Crippen molar-refractivity contribution >= 4 is 46.6 Å². The van der Waals surface area contributed by atoms with Crippen LogP contribution in [0.15, 0.2) is 57.5 Å². The van der Waals surface area contributed by atoms with E-state index < -0.39 is 17.6 Å². The van der Waals surface area contributed by atoms with Gasteiger partial charge in [-0.15, -0.1) is 0 Å². The van der Waals surface area contributed by atoms with E-state index in [2.05, 4.69) is 4.99 Å². The molecular formula is C24H20Cl2N2O5S. The molecule has 34 heavy (non-hydrogen) atoms. The van der Waals surface area contributed by atoms with E-state index in [1.54, 1.807) is 38.1 Å². The fraction of sp³-hybridized carbons (Fsp3) is 0.208. The van der Waals surface area contributed by atoms with Gasteiger partial charge in [-0.05, 0) is 38.1 Å². The van der Waals surface area contributed by atoms with Gasteiger partial charge in [0.05, 0.1) is 34.5 Å². The van der Waals surface area contributed by atoms with Gasteiger partial charge in [0.15, 0.2) is 4.80 Å². The van der Waals surface area contributed by atoms with Gasteiger partial charge in [-0.2, -0.15) is 0 Å². The van der Waals surface area contributed by atoms with Crippen LogP contribution in [0.2, 0.25) is 10.0 Å². The smallest absolute Gasteiger partial charge is 0.338 e. The SMILES string of the molecule is CCOC(=O)C1=C(C)N=c2s/c(=C\c3cc(Cl)cc(Cl)c3O)c(=O)n2[C@@H]1c1ccccc1OC. The van der Waals surface area contributed by atoms with Gasteiger partial charge < -0.3 is 14.6 Å². The van der Waals surface area contributed by atoms with Crippen molar-refractivity contribution in [3.63, 3.8) is 0 Å². The van der Waals surface area contributed by atoms with Crippen LogP contribution >= 0.6 is 34.5 Å². The topological polar surface area (TPSA) is 90.1 Å². The van der Waals surface area contributed by atoms with Crippen LogP contribution < -0.4 is 19.6 Å². The molecule has 0 saturated heterocycles. The molecule has 0 unspecified atom stereocenters. The Hall–Kier alpha value is -3.07. The van der Waals surface area contributed by atoms with Crippen LogP contribution in [0.4, 0.5) is 0 Å². The third kappa shape index (κ3) is 4.24. The van der Waals surface area contributed by atoms with E-state index in [9.17, 15) is 14.7 Å². The molecule has 0 aliphatic carbocycles. The molecule has 1 atom stereocenters. The molecule has 0 bridgehead atoms. The first kappa shape index (κ1) is 24.1. The van der Waals surface area contributed by atoms with E-state index in [-0.39, 0.29) is 33.0 Å². The molecule has 3 aromatic rings. The molecule has 1 N–H and O–H groups in total. The molecule has 2 aromatic carbocycles. The molecule has 0 amide bonds. The first-order valence-electron chi connectivity index (χ1n) is 10.3. The average Bonchev–Trinajstić information content (AvgIpc) is 3.10. The summed E-state index contributed by atoms with van der Waals surface area (Å²) in [5.74, 6) is -0.243. The summed E-state index contributed by atoms with van der Waals surface area (Å²) in [6.45, 7) is 3.59. The Balaban J connectivity index is 2.02. The number of esters is 1. The number of aromatic nitrogens is 1. The van der Waals surface area contributed by atoms with E-state index in [1.807, 2.05) is 0 Å². The van der Waals surface area contributed by atoms with E-state index in [4.69, 9.17) is 32.7 Å². The largest absolute Gasteiger partial charge is 0.506 e. The van der Waals surface area contributed by atoms with Crippen molar-refractivity contribution < 1.29 is 19.4 Å². The number of carbonyl (C=O) groups excluding carboxylic acids is 1. The summed E-state index contributed by atoms with van der Waals surface area (Å²) >= 11 is 13.2. The number of phenols is 1. The molecule has 0 saturated carbocycles. The fourth-order valence-corrected chi connectivity index (χ4v) is 5.36. The van der Waals surface area contributed by atoms with Crippen LogP contribution in [-0.2, 0) is 9.53 Å². The maximum absolute atomic E-state index is 13.6. The number of rotatable bonds is 5. The summed E-state index contributed by atoms with van der Waals surface area (Å²) in [7, 11) is 1.52. The zero-order chi connectivity index (χ0) is 24.6. The second-order valence-corrected chi connectivity index (χ2v) is 9.22. The number of benzene rings is 2. The monoisotopic (exact) mass is 518 g/mol. The number of ether oxygens (including phenoxy) is 2. The third-order valence-electron chi connectivity index (χ3n) is 5.29. The number of nitrogens with zero attached hydrogens (tertiary/aromatic N) is 2. The molecule has 1 aliphatic heterocycles. The Morgan fingerprint density at radius 2 is 2.03 bits per heavy atom. The molecule has 7 nitrogen and oxygen atoms in total. The zero-order valence-electron chi connectivity index (χ0n) is 18.5. The molecule has 1 aromatic heterocycles. The van der Waals surface area contributed by atoms with Gasteiger partial charge in [-0.1, -0.05) is 52.7 Å². The van der Waals surface area contributed by atoms with Gasteiger partial charge in [-0.3, -0.25) is 9.36 Å². The van der Waals surface area contributed by atoms with E-state index in [0.29, 0.717) is 26.8 Å². The van der Waals surface area contributed by atoms with Crippen molar-refractivity contribution in [1.29, 1.82) is 0 Å². The predicted octanol–water partition coefficient (Wildman–Crippen LogP) is 3.82. The Morgan fingerprint density at radius 3 is 2.74 bits per heavy atom. The van der Waals surface area contributed by atoms with Crippen molar-refractivity contribution in [2.75, 3.05) is 13.7 Å². The lowest BCUT2D eigenvalue weighted by molar-refractivity contribution is -0.139. The van der Waals surface area contributed by atoms with E-state index in [1.165, 1.54) is 29.9 Å². The molecule has 2 heterocycles. The predicted molar refractivity (Wildman–Crippen MR) is 132 cm³/mol. The van der Waals surface area contributed by atoms with Gasteiger partial charge in [-0.25, -0.2) is 9.79 Å². The molecule has 0 fully saturated rings. The highest BCUT2D eigenvalue weighted by atomic mass is 35.5. The number of allylic oxidation sites excluding steroid dienone is 1. The van der Waals surface area contributed by atoms with Crippen LogP contribution in [0, 0.1) is 0 Å². The van der Waals surface area contributed by atoms with Crippen molar-refractivity contribution in [2.45, 2.75) is 19.9 Å². The molecule has 4 rings (SSSR count). The number of thiazole rings is 1. The lowest BCUT2D eigenvalue weighted by atomic mass is 9.95. The number of para-hydroxylation sites is 1. The minimum atomic E-state index is -0.815. The molecular weight excluding hydrogens is 499 g/mol. The minimum Gasteiger partial charge on any atom is -0.506 e. The molecule has 0 radical (unpaired) electrons. The summed E-state index contributed by atoms with van der Waals surface area (Å²) in [6, 6.07) is 9.26. The zero-order valence-corrected chi connectivity index (χ0v) is 20.8. The van der Waals surface area contributed by atoms with Gasteiger partial charge in [0.1, 0.15) is 17.5 Å². The number of fused-ring (bicyclic) bond motifs is 1. The average molecular weight is 519 g/mol. The second kappa shape index (κ2) is 9.66. The number of aromatic hydroxyl groups is 1. The Labute approximate surface area is 208 Å². The number of hydrogen-bond acceptors (Lipinski definition) is 7. The van der Waals surface area contributed by atoms with Crippen LogP contribution in [0.1, 0.15) is 31.0 Å². The Kier molecular flexibility index (Phi) is 6.84. The highest BCUT2D eigenvalue weighted by Crippen LogP contribution is 2.36. The standard InChI is InChI=1S/C24H20Cl2N2O5S/c1-4-33-23(31)19-12(2)27-24-28(20(19)15-7-5-6-8-17(15)32-3)22(30)18(34-24)10-13-9-14(25)11-16(26)21(13)29/h5-11,20,29H,4H2,1-3H3/b18-10-/t20-/m1/s1. The maximum Gasteiger partial charge on any atom is 0.338 e. The van der Waals surface area contributed by atoms with Crippen LogP contribution in [0.5, 0.6) is 11.5 Å². The summed E-state index contributed by atoms with van der Waals surface area (Å²) in [6.07, 6.45) is 1.50. The number of carbonyl (C=O) groups is 1. The first-order chi connectivity index (χ1) is 16.3. The van der Waals surface area contributed by atoms with Gasteiger partial charge >= 0.3 is 5.97 Å². The van der Waals surface area contributed by atoms with E-state index >= 15 is 0 Å². The third-order valence-corrected chi connectivity index (χ3v) is 6.78. The first-order valence-corrected chi connectivity index (χ1v) is 11.8. The highest BCUT2D eigenvalue weighted by Gasteiger charge is 2.34. The van der Waals surface area contributed by atoms with Gasteiger partial charge in [0.2, 0.25) is 0 Å². The van der Waals surface area contributed by atoms with Crippen molar-refractivity contribution in [3.8, 4) is 11.5 Å².